The maximum absolute atomic E-state index is 12.4. The van der Waals surface area contributed by atoms with Gasteiger partial charge in [-0.2, -0.15) is 0 Å². The standard InChI is InChI=1S/C14H13NO3S2/c1-18-12-8-6-11(7-9-12)10-15-19(16)13-4-2-3-5-14(13)20(15)17/h2-9H,10H2,1H3. The van der Waals surface area contributed by atoms with E-state index in [0.717, 1.165) is 11.3 Å². The van der Waals surface area contributed by atoms with Crippen molar-refractivity contribution in [3.63, 3.8) is 0 Å². The first kappa shape index (κ1) is 13.5. The Hall–Kier alpha value is -1.50. The van der Waals surface area contributed by atoms with Gasteiger partial charge in [-0.25, -0.2) is 8.42 Å². The first-order valence-corrected chi connectivity index (χ1v) is 8.25. The van der Waals surface area contributed by atoms with E-state index in [4.69, 9.17) is 4.74 Å². The number of nitrogens with zero attached hydrogens (tertiary/aromatic N) is 1. The van der Waals surface area contributed by atoms with Crippen LogP contribution < -0.4 is 4.74 Å². The molecule has 4 nitrogen and oxygen atoms in total. The van der Waals surface area contributed by atoms with Crippen molar-refractivity contribution < 1.29 is 13.2 Å². The van der Waals surface area contributed by atoms with Crippen molar-refractivity contribution in [3.05, 3.63) is 54.1 Å². The summed E-state index contributed by atoms with van der Waals surface area (Å²) in [6, 6.07) is 14.6. The van der Waals surface area contributed by atoms with Crippen LogP contribution in [0.2, 0.25) is 0 Å². The van der Waals surface area contributed by atoms with Crippen LogP contribution in [0.15, 0.2) is 58.3 Å². The Morgan fingerprint density at radius 2 is 1.50 bits per heavy atom. The van der Waals surface area contributed by atoms with E-state index in [9.17, 15) is 8.42 Å². The van der Waals surface area contributed by atoms with Crippen molar-refractivity contribution in [1.82, 2.24) is 3.71 Å². The molecular formula is C14H13NO3S2. The van der Waals surface area contributed by atoms with Crippen LogP contribution in [-0.4, -0.2) is 19.2 Å². The summed E-state index contributed by atoms with van der Waals surface area (Å²) in [6.07, 6.45) is 0. The minimum absolute atomic E-state index is 0.373. The molecule has 0 saturated heterocycles. The van der Waals surface area contributed by atoms with Crippen molar-refractivity contribution in [1.29, 1.82) is 0 Å². The van der Waals surface area contributed by atoms with Crippen LogP contribution in [0.3, 0.4) is 0 Å². The quantitative estimate of drug-likeness (QED) is 0.874. The van der Waals surface area contributed by atoms with Crippen LogP contribution >= 0.6 is 0 Å². The molecule has 20 heavy (non-hydrogen) atoms. The topological polar surface area (TPSA) is 46.6 Å². The fraction of sp³-hybridized carbons (Fsp3) is 0.143. The first-order chi connectivity index (χ1) is 9.70. The lowest BCUT2D eigenvalue weighted by Gasteiger charge is -2.12. The number of benzene rings is 2. The molecule has 0 spiro atoms. The molecule has 3 rings (SSSR count). The fourth-order valence-corrected chi connectivity index (χ4v) is 5.26. The normalized spacial score (nSPS) is 21.6. The second-order valence-corrected chi connectivity index (χ2v) is 7.27. The van der Waals surface area contributed by atoms with Crippen molar-refractivity contribution in [3.8, 4) is 5.75 Å². The van der Waals surface area contributed by atoms with Crippen LogP contribution in [0.4, 0.5) is 0 Å². The third-order valence-corrected chi connectivity index (χ3v) is 6.47. The number of ether oxygens (including phenoxy) is 1. The molecule has 0 fully saturated rings. The molecule has 1 aliphatic rings. The second-order valence-electron chi connectivity index (χ2n) is 4.28. The molecule has 0 aromatic heterocycles. The Kier molecular flexibility index (Phi) is 3.69. The van der Waals surface area contributed by atoms with Gasteiger partial charge in [-0.1, -0.05) is 24.3 Å². The van der Waals surface area contributed by atoms with Gasteiger partial charge in [-0.05, 0) is 29.8 Å². The minimum atomic E-state index is -1.37. The number of methoxy groups -OCH3 is 1. The zero-order valence-electron chi connectivity index (χ0n) is 10.8. The molecular weight excluding hydrogens is 294 g/mol. The molecule has 6 heteroatoms. The smallest absolute Gasteiger partial charge is 0.141 e. The second kappa shape index (κ2) is 5.47. The molecule has 0 amide bonds. The molecule has 2 aromatic rings. The molecule has 0 aliphatic carbocycles. The lowest BCUT2D eigenvalue weighted by atomic mass is 10.2. The van der Waals surface area contributed by atoms with Crippen LogP contribution in [0.25, 0.3) is 0 Å². The SMILES string of the molecule is COc1ccc(CN2S(=O)c3ccccc3S2=O)cc1. The van der Waals surface area contributed by atoms with E-state index in [1.807, 2.05) is 36.4 Å². The fourth-order valence-electron chi connectivity index (χ4n) is 2.02. The van der Waals surface area contributed by atoms with Gasteiger partial charge in [-0.3, -0.25) is 0 Å². The number of hydrogen-bond donors (Lipinski definition) is 0. The van der Waals surface area contributed by atoms with Crippen molar-refractivity contribution in [2.75, 3.05) is 7.11 Å². The highest BCUT2D eigenvalue weighted by Crippen LogP contribution is 2.32. The number of fused-ring (bicyclic) bond motifs is 1. The van der Waals surface area contributed by atoms with Crippen molar-refractivity contribution in [2.24, 2.45) is 0 Å². The molecule has 0 saturated carbocycles. The van der Waals surface area contributed by atoms with Gasteiger partial charge in [0.1, 0.15) is 27.7 Å². The van der Waals surface area contributed by atoms with Crippen LogP contribution in [0.5, 0.6) is 5.75 Å². The van der Waals surface area contributed by atoms with Gasteiger partial charge in [0.05, 0.1) is 23.4 Å². The van der Waals surface area contributed by atoms with Gasteiger partial charge in [-0.15, -0.1) is 3.71 Å². The molecule has 0 radical (unpaired) electrons. The Labute approximate surface area is 122 Å². The van der Waals surface area contributed by atoms with Gasteiger partial charge in [0, 0.05) is 0 Å². The average Bonchev–Trinajstić information content (AvgIpc) is 2.74. The van der Waals surface area contributed by atoms with Gasteiger partial charge in [0.25, 0.3) is 0 Å². The van der Waals surface area contributed by atoms with Crippen molar-refractivity contribution in [2.45, 2.75) is 16.3 Å². The van der Waals surface area contributed by atoms with E-state index in [2.05, 4.69) is 0 Å². The van der Waals surface area contributed by atoms with E-state index >= 15 is 0 Å². The van der Waals surface area contributed by atoms with Crippen LogP contribution in [-0.2, 0) is 28.5 Å². The maximum Gasteiger partial charge on any atom is 0.141 e. The Morgan fingerprint density at radius 1 is 0.950 bits per heavy atom. The number of rotatable bonds is 3. The zero-order chi connectivity index (χ0) is 14.1. The maximum atomic E-state index is 12.4. The summed E-state index contributed by atoms with van der Waals surface area (Å²) < 4.78 is 31.3. The highest BCUT2D eigenvalue weighted by Gasteiger charge is 2.33. The summed E-state index contributed by atoms with van der Waals surface area (Å²) in [4.78, 5) is 1.28. The summed E-state index contributed by atoms with van der Waals surface area (Å²) in [5, 5.41) is 0. The Morgan fingerprint density at radius 3 is 2.00 bits per heavy atom. The lowest BCUT2D eigenvalue weighted by molar-refractivity contribution is 0.414. The summed E-state index contributed by atoms with van der Waals surface area (Å²) in [5.41, 5.74) is 0.945. The van der Waals surface area contributed by atoms with E-state index in [1.54, 1.807) is 19.2 Å². The summed E-state index contributed by atoms with van der Waals surface area (Å²) in [6.45, 7) is 0.373. The predicted octanol–water partition coefficient (Wildman–Crippen LogP) is 2.26. The average molecular weight is 307 g/mol. The predicted molar refractivity (Wildman–Crippen MR) is 77.8 cm³/mol. The first-order valence-electron chi connectivity index (χ1n) is 6.04. The molecule has 2 unspecified atom stereocenters. The summed E-state index contributed by atoms with van der Waals surface area (Å²) in [7, 11) is -1.14. The molecule has 1 aliphatic heterocycles. The van der Waals surface area contributed by atoms with Crippen molar-refractivity contribution >= 4 is 22.0 Å². The van der Waals surface area contributed by atoms with Gasteiger partial charge >= 0.3 is 0 Å². The molecule has 0 N–H and O–H groups in total. The van der Waals surface area contributed by atoms with E-state index < -0.39 is 22.0 Å². The lowest BCUT2D eigenvalue weighted by Crippen LogP contribution is -2.21. The molecule has 2 atom stereocenters. The highest BCUT2D eigenvalue weighted by molar-refractivity contribution is 8.00. The third kappa shape index (κ3) is 2.30. The van der Waals surface area contributed by atoms with Gasteiger partial charge in [0.2, 0.25) is 0 Å². The monoisotopic (exact) mass is 307 g/mol. The third-order valence-electron chi connectivity index (χ3n) is 3.07. The molecule has 1 heterocycles. The molecule has 104 valence electrons. The minimum Gasteiger partial charge on any atom is -0.497 e. The van der Waals surface area contributed by atoms with E-state index in [1.165, 1.54) is 3.71 Å². The summed E-state index contributed by atoms with van der Waals surface area (Å²) >= 11 is 0. The zero-order valence-corrected chi connectivity index (χ0v) is 12.4. The van der Waals surface area contributed by atoms with E-state index in [-0.39, 0.29) is 0 Å². The summed E-state index contributed by atoms with van der Waals surface area (Å²) in [5.74, 6) is 0.765. The van der Waals surface area contributed by atoms with Crippen LogP contribution in [0, 0.1) is 0 Å². The highest BCUT2D eigenvalue weighted by atomic mass is 32.3. The van der Waals surface area contributed by atoms with Gasteiger partial charge in [0.15, 0.2) is 0 Å². The molecule has 0 bridgehead atoms. The van der Waals surface area contributed by atoms with Gasteiger partial charge < -0.3 is 4.74 Å². The number of hydrogen-bond acceptors (Lipinski definition) is 3. The largest absolute Gasteiger partial charge is 0.497 e. The molecule has 2 aromatic carbocycles. The Balaban J connectivity index is 1.85. The van der Waals surface area contributed by atoms with E-state index in [0.29, 0.717) is 16.3 Å². The van der Waals surface area contributed by atoms with Crippen LogP contribution in [0.1, 0.15) is 5.56 Å². The Bertz CT molecular complexity index is 650.